The van der Waals surface area contributed by atoms with Crippen LogP contribution in [0.4, 0.5) is 5.69 Å². The van der Waals surface area contributed by atoms with Crippen LogP contribution in [0.1, 0.15) is 12.0 Å². The molecule has 2 aromatic carbocycles. The highest BCUT2D eigenvalue weighted by atomic mass is 79.9. The SMILES string of the molecule is O=C(NCCc1c[nH]c2ccccc12)C1CCN(c2cccc(Br)c2)C1=O. The van der Waals surface area contributed by atoms with Gasteiger partial charge in [-0.25, -0.2) is 0 Å². The maximum absolute atomic E-state index is 12.7. The zero-order valence-corrected chi connectivity index (χ0v) is 16.3. The molecular weight excluding hydrogens is 406 g/mol. The van der Waals surface area contributed by atoms with E-state index >= 15 is 0 Å². The third kappa shape index (κ3) is 3.62. The number of aromatic amines is 1. The van der Waals surface area contributed by atoms with Crippen molar-refractivity contribution in [2.75, 3.05) is 18.0 Å². The zero-order chi connectivity index (χ0) is 18.8. The Kier molecular flexibility index (Phi) is 4.99. The number of carbonyl (C=O) groups excluding carboxylic acids is 2. The molecule has 0 aliphatic carbocycles. The molecule has 1 aliphatic heterocycles. The topological polar surface area (TPSA) is 65.2 Å². The van der Waals surface area contributed by atoms with Crippen molar-refractivity contribution >= 4 is 44.3 Å². The molecule has 0 bridgehead atoms. The summed E-state index contributed by atoms with van der Waals surface area (Å²) >= 11 is 3.42. The molecule has 1 aromatic heterocycles. The van der Waals surface area contributed by atoms with Gasteiger partial charge in [-0.1, -0.05) is 40.2 Å². The van der Waals surface area contributed by atoms with E-state index in [1.165, 1.54) is 10.9 Å². The standard InChI is InChI=1S/C21H20BrN3O2/c22-15-4-3-5-16(12-15)25-11-9-18(21(25)27)20(26)23-10-8-14-13-24-19-7-2-1-6-17(14)19/h1-7,12-13,18,24H,8-11H2,(H,23,26). The third-order valence-electron chi connectivity index (χ3n) is 5.01. The van der Waals surface area contributed by atoms with Crippen LogP contribution in [0.3, 0.4) is 0 Å². The Hall–Kier alpha value is -2.60. The second-order valence-electron chi connectivity index (χ2n) is 6.71. The molecule has 2 N–H and O–H groups in total. The Labute approximate surface area is 165 Å². The zero-order valence-electron chi connectivity index (χ0n) is 14.7. The van der Waals surface area contributed by atoms with E-state index in [0.29, 0.717) is 19.5 Å². The lowest BCUT2D eigenvalue weighted by molar-refractivity contribution is -0.132. The first-order valence-corrected chi connectivity index (χ1v) is 9.82. The van der Waals surface area contributed by atoms with Crippen LogP contribution in [0.2, 0.25) is 0 Å². The van der Waals surface area contributed by atoms with Gasteiger partial charge in [-0.15, -0.1) is 0 Å². The van der Waals surface area contributed by atoms with Crippen molar-refractivity contribution in [1.29, 1.82) is 0 Å². The summed E-state index contributed by atoms with van der Waals surface area (Å²) in [5.74, 6) is -0.915. The molecule has 6 heteroatoms. The number of rotatable bonds is 5. The quantitative estimate of drug-likeness (QED) is 0.612. The second-order valence-corrected chi connectivity index (χ2v) is 7.63. The largest absolute Gasteiger partial charge is 0.361 e. The molecule has 27 heavy (non-hydrogen) atoms. The molecule has 1 saturated heterocycles. The fraction of sp³-hybridized carbons (Fsp3) is 0.238. The average Bonchev–Trinajstić information content (AvgIpc) is 3.25. The summed E-state index contributed by atoms with van der Waals surface area (Å²) in [6.07, 6.45) is 3.25. The molecule has 0 saturated carbocycles. The van der Waals surface area contributed by atoms with Gasteiger partial charge in [0.25, 0.3) is 0 Å². The summed E-state index contributed by atoms with van der Waals surface area (Å²) in [4.78, 5) is 30.1. The van der Waals surface area contributed by atoms with Gasteiger partial charge >= 0.3 is 0 Å². The maximum atomic E-state index is 12.7. The first-order chi connectivity index (χ1) is 13.1. The molecule has 0 spiro atoms. The molecule has 1 fully saturated rings. The lowest BCUT2D eigenvalue weighted by atomic mass is 10.1. The lowest BCUT2D eigenvalue weighted by Crippen LogP contribution is -2.37. The number of nitrogens with one attached hydrogen (secondary N) is 2. The number of halogens is 1. The molecule has 4 rings (SSSR count). The van der Waals surface area contributed by atoms with Crippen LogP contribution >= 0.6 is 15.9 Å². The molecule has 1 aliphatic rings. The van der Waals surface area contributed by atoms with Crippen LogP contribution in [0.15, 0.2) is 59.2 Å². The Balaban J connectivity index is 1.35. The van der Waals surface area contributed by atoms with Crippen LogP contribution in [0.25, 0.3) is 10.9 Å². The number of para-hydroxylation sites is 1. The molecule has 5 nitrogen and oxygen atoms in total. The predicted octanol–water partition coefficient (Wildman–Crippen LogP) is 3.64. The first kappa shape index (κ1) is 17.8. The van der Waals surface area contributed by atoms with Gasteiger partial charge in [-0.3, -0.25) is 9.59 Å². The van der Waals surface area contributed by atoms with E-state index in [0.717, 1.165) is 22.1 Å². The van der Waals surface area contributed by atoms with Crippen molar-refractivity contribution in [3.05, 3.63) is 64.8 Å². The Bertz CT molecular complexity index is 998. The number of amides is 2. The summed E-state index contributed by atoms with van der Waals surface area (Å²) < 4.78 is 0.916. The van der Waals surface area contributed by atoms with Gasteiger partial charge < -0.3 is 15.2 Å². The number of aromatic nitrogens is 1. The van der Waals surface area contributed by atoms with Crippen molar-refractivity contribution in [3.63, 3.8) is 0 Å². The van der Waals surface area contributed by atoms with E-state index in [-0.39, 0.29) is 11.8 Å². The van der Waals surface area contributed by atoms with E-state index in [1.54, 1.807) is 4.90 Å². The number of benzene rings is 2. The van der Waals surface area contributed by atoms with E-state index in [2.05, 4.69) is 32.3 Å². The predicted molar refractivity (Wildman–Crippen MR) is 110 cm³/mol. The molecule has 138 valence electrons. The van der Waals surface area contributed by atoms with Crippen molar-refractivity contribution < 1.29 is 9.59 Å². The van der Waals surface area contributed by atoms with Gasteiger partial charge in [0.2, 0.25) is 11.8 Å². The van der Waals surface area contributed by atoms with Gasteiger partial charge in [0.1, 0.15) is 5.92 Å². The summed E-state index contributed by atoms with van der Waals surface area (Å²) in [7, 11) is 0. The van der Waals surface area contributed by atoms with Gasteiger partial charge in [-0.2, -0.15) is 0 Å². The Morgan fingerprint density at radius 1 is 1.22 bits per heavy atom. The number of nitrogens with zero attached hydrogens (tertiary/aromatic N) is 1. The average molecular weight is 426 g/mol. The van der Waals surface area contributed by atoms with Gasteiger partial charge in [0, 0.05) is 40.3 Å². The highest BCUT2D eigenvalue weighted by molar-refractivity contribution is 9.10. The van der Waals surface area contributed by atoms with Gasteiger partial charge in [0.15, 0.2) is 0 Å². The third-order valence-corrected chi connectivity index (χ3v) is 5.50. The molecule has 1 atom stereocenters. The van der Waals surface area contributed by atoms with Gasteiger partial charge in [0.05, 0.1) is 0 Å². The first-order valence-electron chi connectivity index (χ1n) is 9.03. The maximum Gasteiger partial charge on any atom is 0.239 e. The Morgan fingerprint density at radius 3 is 2.93 bits per heavy atom. The summed E-state index contributed by atoms with van der Waals surface area (Å²) in [6, 6.07) is 15.7. The highest BCUT2D eigenvalue weighted by Crippen LogP contribution is 2.27. The molecule has 2 amide bonds. The number of hydrogen-bond donors (Lipinski definition) is 2. The minimum absolute atomic E-state index is 0.127. The number of anilines is 1. The van der Waals surface area contributed by atoms with Crippen molar-refractivity contribution in [2.24, 2.45) is 5.92 Å². The Morgan fingerprint density at radius 2 is 2.07 bits per heavy atom. The molecule has 2 heterocycles. The summed E-state index contributed by atoms with van der Waals surface area (Å²) in [5.41, 5.74) is 3.08. The van der Waals surface area contributed by atoms with E-state index in [1.807, 2.05) is 48.7 Å². The number of hydrogen-bond acceptors (Lipinski definition) is 2. The van der Waals surface area contributed by atoms with E-state index in [4.69, 9.17) is 0 Å². The number of fused-ring (bicyclic) bond motifs is 1. The normalized spacial score (nSPS) is 16.9. The minimum atomic E-state index is -0.605. The molecule has 0 radical (unpaired) electrons. The van der Waals surface area contributed by atoms with Crippen molar-refractivity contribution in [2.45, 2.75) is 12.8 Å². The lowest BCUT2D eigenvalue weighted by Gasteiger charge is -2.17. The number of H-pyrrole nitrogens is 1. The molecule has 1 unspecified atom stereocenters. The monoisotopic (exact) mass is 425 g/mol. The van der Waals surface area contributed by atoms with Crippen molar-refractivity contribution in [3.8, 4) is 0 Å². The van der Waals surface area contributed by atoms with Crippen LogP contribution in [0, 0.1) is 5.92 Å². The van der Waals surface area contributed by atoms with E-state index in [9.17, 15) is 9.59 Å². The van der Waals surface area contributed by atoms with Crippen LogP contribution in [-0.2, 0) is 16.0 Å². The second kappa shape index (κ2) is 7.56. The van der Waals surface area contributed by atoms with Crippen LogP contribution < -0.4 is 10.2 Å². The fourth-order valence-electron chi connectivity index (χ4n) is 3.61. The van der Waals surface area contributed by atoms with Crippen LogP contribution in [-0.4, -0.2) is 29.9 Å². The van der Waals surface area contributed by atoms with Crippen LogP contribution in [0.5, 0.6) is 0 Å². The van der Waals surface area contributed by atoms with Crippen molar-refractivity contribution in [1.82, 2.24) is 10.3 Å². The van der Waals surface area contributed by atoms with Gasteiger partial charge in [-0.05, 0) is 42.7 Å². The van der Waals surface area contributed by atoms with E-state index < -0.39 is 5.92 Å². The fourth-order valence-corrected chi connectivity index (χ4v) is 3.99. The minimum Gasteiger partial charge on any atom is -0.361 e. The summed E-state index contributed by atoms with van der Waals surface area (Å²) in [6.45, 7) is 1.08. The summed E-state index contributed by atoms with van der Waals surface area (Å²) in [5, 5.41) is 4.10. The highest BCUT2D eigenvalue weighted by Gasteiger charge is 2.37. The molecular formula is C21H20BrN3O2. The smallest absolute Gasteiger partial charge is 0.239 e. The number of carbonyl (C=O) groups is 2. The molecule has 3 aromatic rings.